The van der Waals surface area contributed by atoms with Crippen molar-refractivity contribution in [2.24, 2.45) is 5.10 Å². The molecular formula is C18H20N2O2. The first-order chi connectivity index (χ1) is 10.5. The van der Waals surface area contributed by atoms with Crippen molar-refractivity contribution < 1.29 is 9.90 Å². The summed E-state index contributed by atoms with van der Waals surface area (Å²) in [4.78, 5) is 12.0. The van der Waals surface area contributed by atoms with Crippen LogP contribution in [0.2, 0.25) is 0 Å². The summed E-state index contributed by atoms with van der Waals surface area (Å²) < 4.78 is 0. The van der Waals surface area contributed by atoms with Gasteiger partial charge >= 0.3 is 0 Å². The second kappa shape index (κ2) is 6.89. The van der Waals surface area contributed by atoms with Crippen LogP contribution in [0.3, 0.4) is 0 Å². The Morgan fingerprint density at radius 3 is 2.59 bits per heavy atom. The Labute approximate surface area is 130 Å². The van der Waals surface area contributed by atoms with Gasteiger partial charge in [-0.1, -0.05) is 35.9 Å². The van der Waals surface area contributed by atoms with Gasteiger partial charge in [-0.3, -0.25) is 4.79 Å². The third-order valence-corrected chi connectivity index (χ3v) is 3.49. The van der Waals surface area contributed by atoms with Gasteiger partial charge in [0.2, 0.25) is 5.91 Å². The number of para-hydroxylation sites is 1. The number of carbonyl (C=O) groups is 1. The van der Waals surface area contributed by atoms with E-state index in [0.717, 1.165) is 11.1 Å². The van der Waals surface area contributed by atoms with E-state index in [-0.39, 0.29) is 18.1 Å². The molecule has 0 aromatic heterocycles. The average Bonchev–Trinajstić information content (AvgIpc) is 2.48. The Hall–Kier alpha value is -2.62. The predicted octanol–water partition coefficient (Wildman–Crippen LogP) is 3.09. The maximum atomic E-state index is 12.0. The summed E-state index contributed by atoms with van der Waals surface area (Å²) in [5.74, 6) is -0.0332. The summed E-state index contributed by atoms with van der Waals surface area (Å²) in [5.41, 5.74) is 6.96. The predicted molar refractivity (Wildman–Crippen MR) is 88.1 cm³/mol. The first kappa shape index (κ1) is 15.8. The first-order valence-electron chi connectivity index (χ1n) is 7.15. The van der Waals surface area contributed by atoms with Gasteiger partial charge in [0.1, 0.15) is 5.75 Å². The molecule has 22 heavy (non-hydrogen) atoms. The maximum absolute atomic E-state index is 12.0. The van der Waals surface area contributed by atoms with Crippen LogP contribution in [-0.2, 0) is 11.2 Å². The minimum atomic E-state index is -0.179. The lowest BCUT2D eigenvalue weighted by molar-refractivity contribution is -0.120. The number of benzene rings is 2. The molecule has 4 nitrogen and oxygen atoms in total. The van der Waals surface area contributed by atoms with Crippen molar-refractivity contribution >= 4 is 11.6 Å². The highest BCUT2D eigenvalue weighted by atomic mass is 16.3. The van der Waals surface area contributed by atoms with E-state index in [1.165, 1.54) is 5.56 Å². The van der Waals surface area contributed by atoms with Gasteiger partial charge in [-0.05, 0) is 44.0 Å². The standard InChI is InChI=1S/C18H20N2O2/c1-12-8-9-15(13(2)10-12)11-18(22)20-19-14(3)16-6-4-5-7-17(16)21/h4-10,21H,11H2,1-3H3,(H,20,22)/b19-14-. The molecule has 0 heterocycles. The largest absolute Gasteiger partial charge is 0.507 e. The van der Waals surface area contributed by atoms with Crippen molar-refractivity contribution in [3.63, 3.8) is 0 Å². The summed E-state index contributed by atoms with van der Waals surface area (Å²) in [6.45, 7) is 5.76. The average molecular weight is 296 g/mol. The van der Waals surface area contributed by atoms with Crippen LogP contribution in [0.4, 0.5) is 0 Å². The van der Waals surface area contributed by atoms with E-state index in [0.29, 0.717) is 11.3 Å². The van der Waals surface area contributed by atoms with Crippen LogP contribution in [0.1, 0.15) is 29.2 Å². The fraction of sp³-hybridized carbons (Fsp3) is 0.222. The molecule has 0 radical (unpaired) electrons. The Bertz CT molecular complexity index is 721. The van der Waals surface area contributed by atoms with Crippen LogP contribution in [0, 0.1) is 13.8 Å². The van der Waals surface area contributed by atoms with E-state index < -0.39 is 0 Å². The van der Waals surface area contributed by atoms with Crippen molar-refractivity contribution in [1.82, 2.24) is 5.43 Å². The van der Waals surface area contributed by atoms with Gasteiger partial charge < -0.3 is 5.11 Å². The Balaban J connectivity index is 2.03. The summed E-state index contributed by atoms with van der Waals surface area (Å²) in [7, 11) is 0. The quantitative estimate of drug-likeness (QED) is 0.672. The maximum Gasteiger partial charge on any atom is 0.244 e. The first-order valence-corrected chi connectivity index (χ1v) is 7.15. The Morgan fingerprint density at radius 1 is 1.18 bits per heavy atom. The molecule has 0 aliphatic heterocycles. The molecule has 1 amide bonds. The number of carbonyl (C=O) groups excluding carboxylic acids is 1. The van der Waals surface area contributed by atoms with Gasteiger partial charge in [-0.2, -0.15) is 5.10 Å². The molecule has 2 rings (SSSR count). The van der Waals surface area contributed by atoms with Crippen LogP contribution in [0.15, 0.2) is 47.6 Å². The molecule has 0 spiro atoms. The number of hydrazone groups is 1. The van der Waals surface area contributed by atoms with E-state index in [2.05, 4.69) is 16.6 Å². The fourth-order valence-corrected chi connectivity index (χ4v) is 2.24. The summed E-state index contributed by atoms with van der Waals surface area (Å²) in [5, 5.41) is 13.8. The SMILES string of the molecule is C/C(=N/NC(=O)Cc1ccc(C)cc1C)c1ccccc1O. The molecule has 114 valence electrons. The van der Waals surface area contributed by atoms with Gasteiger partial charge in [0.15, 0.2) is 0 Å². The van der Waals surface area contributed by atoms with Crippen molar-refractivity contribution in [3.05, 3.63) is 64.7 Å². The number of aryl methyl sites for hydroxylation is 2. The van der Waals surface area contributed by atoms with E-state index >= 15 is 0 Å². The Morgan fingerprint density at radius 2 is 1.91 bits per heavy atom. The van der Waals surface area contributed by atoms with Crippen LogP contribution in [-0.4, -0.2) is 16.7 Å². The normalized spacial score (nSPS) is 11.3. The molecule has 0 fully saturated rings. The molecule has 0 unspecified atom stereocenters. The summed E-state index contributed by atoms with van der Waals surface area (Å²) >= 11 is 0. The van der Waals surface area contributed by atoms with Gasteiger partial charge in [-0.25, -0.2) is 5.43 Å². The molecule has 2 aromatic carbocycles. The van der Waals surface area contributed by atoms with Crippen molar-refractivity contribution in [2.45, 2.75) is 27.2 Å². The Kier molecular flexibility index (Phi) is 4.94. The zero-order valence-corrected chi connectivity index (χ0v) is 13.1. The molecule has 4 heteroatoms. The molecule has 2 N–H and O–H groups in total. The van der Waals surface area contributed by atoms with Crippen LogP contribution < -0.4 is 5.43 Å². The topological polar surface area (TPSA) is 61.7 Å². The van der Waals surface area contributed by atoms with Crippen molar-refractivity contribution in [3.8, 4) is 5.75 Å². The number of phenols is 1. The van der Waals surface area contributed by atoms with Crippen molar-refractivity contribution in [1.29, 1.82) is 0 Å². The molecule has 0 bridgehead atoms. The minimum Gasteiger partial charge on any atom is -0.507 e. The molecule has 0 atom stereocenters. The molecule has 0 aliphatic carbocycles. The highest BCUT2D eigenvalue weighted by Crippen LogP contribution is 2.16. The lowest BCUT2D eigenvalue weighted by atomic mass is 10.0. The molecule has 0 aliphatic rings. The second-order valence-electron chi connectivity index (χ2n) is 5.36. The van der Waals surface area contributed by atoms with Gasteiger partial charge in [-0.15, -0.1) is 0 Å². The van der Waals surface area contributed by atoms with Crippen LogP contribution >= 0.6 is 0 Å². The number of nitrogens with one attached hydrogen (secondary N) is 1. The molecule has 2 aromatic rings. The zero-order chi connectivity index (χ0) is 16.1. The number of hydrogen-bond donors (Lipinski definition) is 2. The molecule has 0 saturated carbocycles. The van der Waals surface area contributed by atoms with E-state index in [1.54, 1.807) is 25.1 Å². The number of amides is 1. The number of rotatable bonds is 4. The fourth-order valence-electron chi connectivity index (χ4n) is 2.24. The molecular weight excluding hydrogens is 276 g/mol. The summed E-state index contributed by atoms with van der Waals surface area (Å²) in [6, 6.07) is 12.9. The summed E-state index contributed by atoms with van der Waals surface area (Å²) in [6.07, 6.45) is 0.281. The van der Waals surface area contributed by atoms with E-state index in [9.17, 15) is 9.90 Å². The van der Waals surface area contributed by atoms with E-state index in [1.807, 2.05) is 32.0 Å². The number of aromatic hydroxyl groups is 1. The number of phenolic OH excluding ortho intramolecular Hbond substituents is 1. The van der Waals surface area contributed by atoms with Gasteiger partial charge in [0.05, 0.1) is 12.1 Å². The van der Waals surface area contributed by atoms with Crippen molar-refractivity contribution in [2.75, 3.05) is 0 Å². The number of hydrogen-bond acceptors (Lipinski definition) is 3. The zero-order valence-electron chi connectivity index (χ0n) is 13.1. The highest BCUT2D eigenvalue weighted by Gasteiger charge is 2.07. The monoisotopic (exact) mass is 296 g/mol. The number of nitrogens with zero attached hydrogens (tertiary/aromatic N) is 1. The highest BCUT2D eigenvalue weighted by molar-refractivity contribution is 6.01. The van der Waals surface area contributed by atoms with Gasteiger partial charge in [0, 0.05) is 5.56 Å². The second-order valence-corrected chi connectivity index (χ2v) is 5.36. The lowest BCUT2D eigenvalue weighted by Gasteiger charge is -2.07. The van der Waals surface area contributed by atoms with Crippen LogP contribution in [0.25, 0.3) is 0 Å². The third-order valence-electron chi connectivity index (χ3n) is 3.49. The minimum absolute atomic E-state index is 0.146. The molecule has 0 saturated heterocycles. The van der Waals surface area contributed by atoms with E-state index in [4.69, 9.17) is 0 Å². The van der Waals surface area contributed by atoms with Gasteiger partial charge in [0.25, 0.3) is 0 Å². The lowest BCUT2D eigenvalue weighted by Crippen LogP contribution is -2.21. The smallest absolute Gasteiger partial charge is 0.244 e. The van der Waals surface area contributed by atoms with Crippen LogP contribution in [0.5, 0.6) is 5.75 Å². The third kappa shape index (κ3) is 3.95.